The van der Waals surface area contributed by atoms with Crippen LogP contribution >= 0.6 is 0 Å². The fraction of sp³-hybridized carbons (Fsp3) is 0.929. The van der Waals surface area contributed by atoms with Crippen molar-refractivity contribution >= 4 is 5.91 Å². The molecule has 2 rings (SSSR count). The van der Waals surface area contributed by atoms with E-state index in [-0.39, 0.29) is 5.91 Å². The maximum Gasteiger partial charge on any atom is 0.238 e. The van der Waals surface area contributed by atoms with Crippen molar-refractivity contribution in [3.63, 3.8) is 0 Å². The van der Waals surface area contributed by atoms with E-state index in [9.17, 15) is 4.79 Å². The van der Waals surface area contributed by atoms with Crippen LogP contribution in [-0.4, -0.2) is 66.1 Å². The number of hydrogen-bond donors (Lipinski definition) is 2. The first kappa shape index (κ1) is 14.8. The average Bonchev–Trinajstić information content (AvgIpc) is 3.12. The molecule has 1 saturated heterocycles. The van der Waals surface area contributed by atoms with E-state index in [1.165, 1.54) is 12.8 Å². The summed E-state index contributed by atoms with van der Waals surface area (Å²) in [5.74, 6) is -0.232. The Labute approximate surface area is 116 Å². The van der Waals surface area contributed by atoms with E-state index in [2.05, 4.69) is 29.0 Å². The number of rotatable bonds is 6. The largest absolute Gasteiger partial charge is 0.368 e. The third-order valence-corrected chi connectivity index (χ3v) is 4.44. The van der Waals surface area contributed by atoms with Crippen molar-refractivity contribution in [2.45, 2.75) is 51.2 Å². The molecular formula is C14H28N4O. The number of nitrogens with two attached hydrogens (primary N) is 1. The van der Waals surface area contributed by atoms with Crippen molar-refractivity contribution in [1.82, 2.24) is 15.1 Å². The topological polar surface area (TPSA) is 61.6 Å². The molecule has 0 radical (unpaired) electrons. The van der Waals surface area contributed by atoms with Crippen LogP contribution in [0.2, 0.25) is 0 Å². The number of piperazine rings is 1. The quantitative estimate of drug-likeness (QED) is 0.712. The number of amides is 1. The van der Waals surface area contributed by atoms with Gasteiger partial charge in [0.2, 0.25) is 5.91 Å². The van der Waals surface area contributed by atoms with Gasteiger partial charge in [-0.05, 0) is 33.2 Å². The van der Waals surface area contributed by atoms with Gasteiger partial charge in [0.15, 0.2) is 0 Å². The van der Waals surface area contributed by atoms with Gasteiger partial charge >= 0.3 is 0 Å². The van der Waals surface area contributed by atoms with Gasteiger partial charge in [-0.15, -0.1) is 0 Å². The molecule has 0 aromatic carbocycles. The minimum absolute atomic E-state index is 0.232. The standard InChI is InChI=1S/C14H28N4O/c1-4-18-8-7-17(9-11(18)2)10-14(3,13(15)19)16-12-5-6-12/h11-12,16H,4-10H2,1-3H3,(H2,15,19). The second-order valence-electron chi connectivity index (χ2n) is 6.33. The lowest BCUT2D eigenvalue weighted by atomic mass is 9.99. The maximum atomic E-state index is 11.8. The smallest absolute Gasteiger partial charge is 0.238 e. The molecule has 1 saturated carbocycles. The minimum atomic E-state index is -0.588. The first-order chi connectivity index (χ1) is 8.94. The summed E-state index contributed by atoms with van der Waals surface area (Å²) in [4.78, 5) is 16.6. The molecule has 110 valence electrons. The zero-order chi connectivity index (χ0) is 14.0. The summed E-state index contributed by atoms with van der Waals surface area (Å²) in [5.41, 5.74) is 5.03. The van der Waals surface area contributed by atoms with E-state index in [1.807, 2.05) is 6.92 Å². The van der Waals surface area contributed by atoms with E-state index in [0.29, 0.717) is 12.1 Å². The summed E-state index contributed by atoms with van der Waals surface area (Å²) in [7, 11) is 0. The lowest BCUT2D eigenvalue weighted by Gasteiger charge is -2.42. The van der Waals surface area contributed by atoms with E-state index in [0.717, 1.165) is 32.7 Å². The number of carbonyl (C=O) groups is 1. The molecule has 19 heavy (non-hydrogen) atoms. The highest BCUT2D eigenvalue weighted by molar-refractivity contribution is 5.84. The number of carbonyl (C=O) groups excluding carboxylic acids is 1. The summed E-state index contributed by atoms with van der Waals surface area (Å²) in [6.45, 7) is 11.3. The number of primary amides is 1. The highest BCUT2D eigenvalue weighted by Gasteiger charge is 2.39. The van der Waals surface area contributed by atoms with Crippen molar-refractivity contribution < 1.29 is 4.79 Å². The molecule has 5 heteroatoms. The predicted molar refractivity (Wildman–Crippen MR) is 76.9 cm³/mol. The molecule has 2 atom stereocenters. The van der Waals surface area contributed by atoms with Gasteiger partial charge in [0, 0.05) is 38.3 Å². The highest BCUT2D eigenvalue weighted by atomic mass is 16.1. The fourth-order valence-electron chi connectivity index (χ4n) is 3.00. The minimum Gasteiger partial charge on any atom is -0.368 e. The molecule has 0 spiro atoms. The van der Waals surface area contributed by atoms with Gasteiger partial charge in [0.1, 0.15) is 5.54 Å². The number of nitrogens with one attached hydrogen (secondary N) is 1. The Morgan fingerprint density at radius 1 is 1.42 bits per heavy atom. The van der Waals surface area contributed by atoms with Crippen LogP contribution in [0.1, 0.15) is 33.6 Å². The second kappa shape index (κ2) is 5.77. The number of likely N-dealkylation sites (N-methyl/N-ethyl adjacent to an activating group) is 1. The lowest BCUT2D eigenvalue weighted by molar-refractivity contribution is -0.125. The summed E-state index contributed by atoms with van der Waals surface area (Å²) in [5, 5.41) is 3.42. The number of hydrogen-bond acceptors (Lipinski definition) is 4. The molecule has 0 aromatic heterocycles. The summed E-state index contributed by atoms with van der Waals surface area (Å²) in [6.07, 6.45) is 2.34. The summed E-state index contributed by atoms with van der Waals surface area (Å²) in [6, 6.07) is 1.05. The zero-order valence-electron chi connectivity index (χ0n) is 12.5. The molecule has 1 heterocycles. The van der Waals surface area contributed by atoms with Gasteiger partial charge in [0.05, 0.1) is 0 Å². The Morgan fingerprint density at radius 2 is 2.11 bits per heavy atom. The summed E-state index contributed by atoms with van der Waals surface area (Å²) < 4.78 is 0. The third kappa shape index (κ3) is 3.68. The van der Waals surface area contributed by atoms with Gasteiger partial charge < -0.3 is 5.73 Å². The van der Waals surface area contributed by atoms with E-state index in [1.54, 1.807) is 0 Å². The van der Waals surface area contributed by atoms with E-state index >= 15 is 0 Å². The molecule has 1 amide bonds. The Hall–Kier alpha value is -0.650. The zero-order valence-corrected chi connectivity index (χ0v) is 12.5. The predicted octanol–water partition coefficient (Wildman–Crippen LogP) is 0.00840. The Bertz CT molecular complexity index is 331. The normalized spacial score (nSPS) is 29.1. The molecule has 2 unspecified atom stereocenters. The molecule has 1 aliphatic heterocycles. The first-order valence-corrected chi connectivity index (χ1v) is 7.48. The average molecular weight is 268 g/mol. The molecule has 1 aliphatic carbocycles. The van der Waals surface area contributed by atoms with Crippen LogP contribution < -0.4 is 11.1 Å². The van der Waals surface area contributed by atoms with E-state index in [4.69, 9.17) is 5.73 Å². The van der Waals surface area contributed by atoms with Gasteiger partial charge in [-0.3, -0.25) is 19.9 Å². The van der Waals surface area contributed by atoms with Gasteiger partial charge in [-0.2, -0.15) is 0 Å². The lowest BCUT2D eigenvalue weighted by Crippen LogP contribution is -2.63. The maximum absolute atomic E-state index is 11.8. The van der Waals surface area contributed by atoms with Crippen molar-refractivity contribution in [3.05, 3.63) is 0 Å². The van der Waals surface area contributed by atoms with Crippen LogP contribution in [0.3, 0.4) is 0 Å². The van der Waals surface area contributed by atoms with Crippen LogP contribution in [0.4, 0.5) is 0 Å². The van der Waals surface area contributed by atoms with Crippen LogP contribution in [0.25, 0.3) is 0 Å². The van der Waals surface area contributed by atoms with Crippen molar-refractivity contribution in [2.75, 3.05) is 32.7 Å². The van der Waals surface area contributed by atoms with Crippen LogP contribution in [0, 0.1) is 0 Å². The van der Waals surface area contributed by atoms with Crippen LogP contribution in [-0.2, 0) is 4.79 Å². The van der Waals surface area contributed by atoms with Crippen molar-refractivity contribution in [1.29, 1.82) is 0 Å². The van der Waals surface area contributed by atoms with Crippen molar-refractivity contribution in [3.8, 4) is 0 Å². The SMILES string of the molecule is CCN1CCN(CC(C)(NC2CC2)C(N)=O)CC1C. The Morgan fingerprint density at radius 3 is 2.58 bits per heavy atom. The molecule has 2 aliphatic rings. The van der Waals surface area contributed by atoms with Gasteiger partial charge in [-0.25, -0.2) is 0 Å². The van der Waals surface area contributed by atoms with Crippen LogP contribution in [0.15, 0.2) is 0 Å². The molecule has 3 N–H and O–H groups in total. The van der Waals surface area contributed by atoms with Gasteiger partial charge in [0.25, 0.3) is 0 Å². The molecule has 2 fully saturated rings. The molecule has 0 bridgehead atoms. The highest BCUT2D eigenvalue weighted by Crippen LogP contribution is 2.23. The summed E-state index contributed by atoms with van der Waals surface area (Å²) >= 11 is 0. The fourth-order valence-corrected chi connectivity index (χ4v) is 3.00. The first-order valence-electron chi connectivity index (χ1n) is 7.48. The van der Waals surface area contributed by atoms with Crippen LogP contribution in [0.5, 0.6) is 0 Å². The van der Waals surface area contributed by atoms with E-state index < -0.39 is 5.54 Å². The monoisotopic (exact) mass is 268 g/mol. The van der Waals surface area contributed by atoms with Crippen molar-refractivity contribution in [2.24, 2.45) is 5.73 Å². The Balaban J connectivity index is 1.92. The van der Waals surface area contributed by atoms with Gasteiger partial charge in [-0.1, -0.05) is 6.92 Å². The third-order valence-electron chi connectivity index (χ3n) is 4.44. The molecule has 0 aromatic rings. The Kier molecular flexibility index (Phi) is 4.48. The second-order valence-corrected chi connectivity index (χ2v) is 6.33. The molecular weight excluding hydrogens is 240 g/mol. The number of nitrogens with zero attached hydrogens (tertiary/aromatic N) is 2. The molecule has 5 nitrogen and oxygen atoms in total.